The maximum atomic E-state index is 5.97. The number of rotatable bonds is 4. The van der Waals surface area contributed by atoms with E-state index in [1.54, 1.807) is 12.1 Å². The maximum Gasteiger partial charge on any atom is 0.180 e. The molecule has 1 aromatic carbocycles. The van der Waals surface area contributed by atoms with Crippen molar-refractivity contribution in [3.8, 4) is 0 Å². The van der Waals surface area contributed by atoms with Gasteiger partial charge < -0.3 is 5.73 Å². The number of hydrogen-bond donors (Lipinski definition) is 2. The van der Waals surface area contributed by atoms with Gasteiger partial charge >= 0.3 is 0 Å². The second-order valence-corrected chi connectivity index (χ2v) is 5.28. The van der Waals surface area contributed by atoms with E-state index in [4.69, 9.17) is 47.0 Å². The third-order valence-corrected chi connectivity index (χ3v) is 3.61. The Morgan fingerprint density at radius 1 is 1.44 bits per heavy atom. The maximum absolute atomic E-state index is 5.97. The number of benzene rings is 1. The molecule has 0 fully saturated rings. The SMILES string of the molecule is C=C(c1ccc(Cl)c(Cl)c1)C(C)CN(N)C(N)=S. The van der Waals surface area contributed by atoms with E-state index < -0.39 is 0 Å². The van der Waals surface area contributed by atoms with E-state index in [0.29, 0.717) is 16.6 Å². The largest absolute Gasteiger partial charge is 0.375 e. The van der Waals surface area contributed by atoms with Crippen LogP contribution in [0.3, 0.4) is 0 Å². The number of halogens is 2. The fourth-order valence-corrected chi connectivity index (χ4v) is 1.85. The van der Waals surface area contributed by atoms with Crippen LogP contribution >= 0.6 is 35.4 Å². The van der Waals surface area contributed by atoms with Crippen molar-refractivity contribution in [2.45, 2.75) is 6.92 Å². The minimum Gasteiger partial charge on any atom is -0.375 e. The molecule has 0 aromatic heterocycles. The van der Waals surface area contributed by atoms with Crippen LogP contribution in [0.25, 0.3) is 5.57 Å². The molecule has 0 aliphatic rings. The lowest BCUT2D eigenvalue weighted by Crippen LogP contribution is -2.43. The molecule has 1 unspecified atom stereocenters. The average molecular weight is 304 g/mol. The van der Waals surface area contributed by atoms with E-state index >= 15 is 0 Å². The first kappa shape index (κ1) is 15.2. The van der Waals surface area contributed by atoms with Gasteiger partial charge in [0.2, 0.25) is 0 Å². The van der Waals surface area contributed by atoms with Crippen molar-refractivity contribution in [2.75, 3.05) is 6.54 Å². The molecule has 0 bridgehead atoms. The summed E-state index contributed by atoms with van der Waals surface area (Å²) in [5.41, 5.74) is 7.26. The number of nitrogens with zero attached hydrogens (tertiary/aromatic N) is 1. The van der Waals surface area contributed by atoms with E-state index in [9.17, 15) is 0 Å². The Hall–Kier alpha value is -0.810. The van der Waals surface area contributed by atoms with Crippen LogP contribution in [0.5, 0.6) is 0 Å². The van der Waals surface area contributed by atoms with Crippen LogP contribution in [0.2, 0.25) is 10.0 Å². The van der Waals surface area contributed by atoms with Crippen LogP contribution in [0.1, 0.15) is 12.5 Å². The van der Waals surface area contributed by atoms with Gasteiger partial charge in [-0.1, -0.05) is 42.8 Å². The predicted molar refractivity (Wildman–Crippen MR) is 82.3 cm³/mol. The van der Waals surface area contributed by atoms with Gasteiger partial charge in [0.1, 0.15) is 0 Å². The summed E-state index contributed by atoms with van der Waals surface area (Å²) in [5, 5.41) is 2.50. The van der Waals surface area contributed by atoms with E-state index in [1.807, 2.05) is 13.0 Å². The lowest BCUT2D eigenvalue weighted by atomic mass is 9.95. The van der Waals surface area contributed by atoms with Gasteiger partial charge in [-0.05, 0) is 35.5 Å². The molecule has 0 spiro atoms. The summed E-state index contributed by atoms with van der Waals surface area (Å²) in [5.74, 6) is 5.76. The van der Waals surface area contributed by atoms with Crippen molar-refractivity contribution in [3.63, 3.8) is 0 Å². The molecule has 0 aliphatic carbocycles. The summed E-state index contributed by atoms with van der Waals surface area (Å²) in [6.45, 7) is 6.52. The molecule has 0 saturated heterocycles. The van der Waals surface area contributed by atoms with Gasteiger partial charge in [-0.2, -0.15) is 0 Å². The van der Waals surface area contributed by atoms with Gasteiger partial charge in [0.15, 0.2) is 5.11 Å². The standard InChI is InChI=1S/C12H15Cl2N3S/c1-7(6-17(16)12(15)18)8(2)9-3-4-10(13)11(14)5-9/h3-5,7H,2,6,16H2,1H3,(H2,15,18). The van der Waals surface area contributed by atoms with Crippen molar-refractivity contribution in [2.24, 2.45) is 17.5 Å². The molecule has 1 atom stereocenters. The van der Waals surface area contributed by atoms with Gasteiger partial charge in [0, 0.05) is 12.5 Å². The first-order valence-electron chi connectivity index (χ1n) is 5.28. The minimum atomic E-state index is 0.0914. The number of thiocarbonyl (C=S) groups is 1. The zero-order valence-corrected chi connectivity index (χ0v) is 12.3. The second-order valence-electron chi connectivity index (χ2n) is 4.05. The summed E-state index contributed by atoms with van der Waals surface area (Å²) in [4.78, 5) is 0. The van der Waals surface area contributed by atoms with Crippen LogP contribution in [-0.2, 0) is 0 Å². The van der Waals surface area contributed by atoms with Gasteiger partial charge in [0.05, 0.1) is 10.0 Å². The molecule has 98 valence electrons. The van der Waals surface area contributed by atoms with Crippen LogP contribution in [-0.4, -0.2) is 16.7 Å². The zero-order chi connectivity index (χ0) is 13.9. The molecule has 0 saturated carbocycles. The first-order valence-corrected chi connectivity index (χ1v) is 6.45. The van der Waals surface area contributed by atoms with Crippen molar-refractivity contribution in [3.05, 3.63) is 40.4 Å². The van der Waals surface area contributed by atoms with Crippen LogP contribution in [0, 0.1) is 5.92 Å². The van der Waals surface area contributed by atoms with Crippen molar-refractivity contribution < 1.29 is 0 Å². The van der Waals surface area contributed by atoms with Gasteiger partial charge in [-0.3, -0.25) is 5.01 Å². The van der Waals surface area contributed by atoms with E-state index in [0.717, 1.165) is 11.1 Å². The average Bonchev–Trinajstić information content (AvgIpc) is 2.31. The molecule has 0 amide bonds. The summed E-state index contributed by atoms with van der Waals surface area (Å²) < 4.78 is 0. The Morgan fingerprint density at radius 3 is 2.56 bits per heavy atom. The van der Waals surface area contributed by atoms with Gasteiger partial charge in [-0.15, -0.1) is 0 Å². The van der Waals surface area contributed by atoms with E-state index in [2.05, 4.69) is 6.58 Å². The molecular formula is C12H15Cl2N3S. The third kappa shape index (κ3) is 3.85. The Kier molecular flexibility index (Phi) is 5.41. The Morgan fingerprint density at radius 2 is 2.06 bits per heavy atom. The quantitative estimate of drug-likeness (QED) is 0.510. The molecule has 3 nitrogen and oxygen atoms in total. The molecule has 18 heavy (non-hydrogen) atoms. The number of hydrogen-bond acceptors (Lipinski definition) is 2. The lowest BCUT2D eigenvalue weighted by molar-refractivity contribution is 0.406. The predicted octanol–water partition coefficient (Wildman–Crippen LogP) is 3.06. The second kappa shape index (κ2) is 6.38. The van der Waals surface area contributed by atoms with Gasteiger partial charge in [-0.25, -0.2) is 5.84 Å². The van der Waals surface area contributed by atoms with Crippen molar-refractivity contribution >= 4 is 46.1 Å². The van der Waals surface area contributed by atoms with Crippen LogP contribution in [0.15, 0.2) is 24.8 Å². The van der Waals surface area contributed by atoms with E-state index in [-0.39, 0.29) is 11.0 Å². The Balaban J connectivity index is 2.80. The molecule has 6 heteroatoms. The molecule has 0 radical (unpaired) electrons. The smallest absolute Gasteiger partial charge is 0.180 e. The summed E-state index contributed by atoms with van der Waals surface area (Å²) in [6.07, 6.45) is 0. The molecule has 1 rings (SSSR count). The molecule has 1 aromatic rings. The highest BCUT2D eigenvalue weighted by Crippen LogP contribution is 2.28. The van der Waals surface area contributed by atoms with Crippen LogP contribution in [0.4, 0.5) is 0 Å². The summed E-state index contributed by atoms with van der Waals surface area (Å²) in [7, 11) is 0. The third-order valence-electron chi connectivity index (χ3n) is 2.64. The molecular weight excluding hydrogens is 289 g/mol. The van der Waals surface area contributed by atoms with Gasteiger partial charge in [0.25, 0.3) is 0 Å². The number of nitrogens with two attached hydrogens (primary N) is 2. The molecule has 0 heterocycles. The minimum absolute atomic E-state index is 0.0914. The highest BCUT2D eigenvalue weighted by atomic mass is 35.5. The zero-order valence-electron chi connectivity index (χ0n) is 9.99. The summed E-state index contributed by atoms with van der Waals surface area (Å²) >= 11 is 16.6. The summed E-state index contributed by atoms with van der Waals surface area (Å²) in [6, 6.07) is 5.39. The highest BCUT2D eigenvalue weighted by Gasteiger charge is 2.13. The topological polar surface area (TPSA) is 55.3 Å². The number of hydrazine groups is 1. The van der Waals surface area contributed by atoms with Crippen molar-refractivity contribution in [1.82, 2.24) is 5.01 Å². The Bertz CT molecular complexity index is 476. The van der Waals surface area contributed by atoms with E-state index in [1.165, 1.54) is 5.01 Å². The Labute approximate surface area is 122 Å². The monoisotopic (exact) mass is 303 g/mol. The fourth-order valence-electron chi connectivity index (χ4n) is 1.48. The first-order chi connectivity index (χ1) is 8.32. The van der Waals surface area contributed by atoms with Crippen LogP contribution < -0.4 is 11.6 Å². The molecule has 0 aliphatic heterocycles. The normalized spacial score (nSPS) is 12.0. The van der Waals surface area contributed by atoms with Crippen molar-refractivity contribution in [1.29, 1.82) is 0 Å². The highest BCUT2D eigenvalue weighted by molar-refractivity contribution is 7.80. The lowest BCUT2D eigenvalue weighted by Gasteiger charge is -2.22. The molecule has 4 N–H and O–H groups in total. The fraction of sp³-hybridized carbons (Fsp3) is 0.250.